The van der Waals surface area contributed by atoms with Crippen LogP contribution in [0.4, 0.5) is 0 Å². The topological polar surface area (TPSA) is 39.3 Å². The number of carbonyl (C=O) groups excluding carboxylic acids is 1. The standard InChI is InChI=1S/C16H24ClN3O/c1-11-5-6-12(2)20(11)14-4-3-7-19(10-14)16(21)15-8-13(17)9-18-15/h8-9,11-12,14,18H,3-7,10H2,1-2H3. The molecule has 1 aromatic rings. The number of hydrogen-bond acceptors (Lipinski definition) is 2. The lowest BCUT2D eigenvalue weighted by atomic mass is 10.0. The van der Waals surface area contributed by atoms with Gasteiger partial charge in [-0.15, -0.1) is 0 Å². The van der Waals surface area contributed by atoms with Crippen LogP contribution in [0.2, 0.25) is 5.02 Å². The maximum Gasteiger partial charge on any atom is 0.270 e. The summed E-state index contributed by atoms with van der Waals surface area (Å²) >= 11 is 5.90. The van der Waals surface area contributed by atoms with E-state index in [0.29, 0.717) is 28.8 Å². The van der Waals surface area contributed by atoms with Gasteiger partial charge < -0.3 is 9.88 Å². The number of piperidine rings is 1. The second kappa shape index (κ2) is 6.01. The van der Waals surface area contributed by atoms with Crippen LogP contribution in [0.25, 0.3) is 0 Å². The highest BCUT2D eigenvalue weighted by molar-refractivity contribution is 6.30. The summed E-state index contributed by atoms with van der Waals surface area (Å²) < 4.78 is 0. The zero-order valence-electron chi connectivity index (χ0n) is 12.8. The van der Waals surface area contributed by atoms with Gasteiger partial charge in [0.15, 0.2) is 0 Å². The van der Waals surface area contributed by atoms with E-state index in [1.54, 1.807) is 12.3 Å². The van der Waals surface area contributed by atoms with E-state index in [4.69, 9.17) is 11.6 Å². The Balaban J connectivity index is 1.69. The van der Waals surface area contributed by atoms with Crippen molar-refractivity contribution in [1.82, 2.24) is 14.8 Å². The smallest absolute Gasteiger partial charge is 0.270 e. The minimum absolute atomic E-state index is 0.0751. The molecule has 0 aromatic carbocycles. The van der Waals surface area contributed by atoms with Crippen molar-refractivity contribution in [3.05, 3.63) is 23.0 Å². The number of hydrogen-bond donors (Lipinski definition) is 1. The van der Waals surface area contributed by atoms with Gasteiger partial charge >= 0.3 is 0 Å². The third-order valence-corrected chi connectivity index (χ3v) is 5.22. The van der Waals surface area contributed by atoms with Gasteiger partial charge in [-0.05, 0) is 45.6 Å². The summed E-state index contributed by atoms with van der Waals surface area (Å²) in [6.07, 6.45) is 6.50. The van der Waals surface area contributed by atoms with Crippen LogP contribution in [-0.4, -0.2) is 51.9 Å². The minimum atomic E-state index is 0.0751. The van der Waals surface area contributed by atoms with E-state index in [2.05, 4.69) is 23.7 Å². The summed E-state index contributed by atoms with van der Waals surface area (Å²) in [4.78, 5) is 20.1. The molecule has 3 atom stereocenters. The van der Waals surface area contributed by atoms with E-state index in [1.165, 1.54) is 19.3 Å². The van der Waals surface area contributed by atoms with Gasteiger partial charge in [-0.2, -0.15) is 0 Å². The van der Waals surface area contributed by atoms with Crippen molar-refractivity contribution in [2.24, 2.45) is 0 Å². The molecule has 0 aliphatic carbocycles. The molecule has 21 heavy (non-hydrogen) atoms. The second-order valence-electron chi connectivity index (χ2n) is 6.50. The van der Waals surface area contributed by atoms with Gasteiger partial charge in [0.25, 0.3) is 5.91 Å². The average molecular weight is 310 g/mol. The van der Waals surface area contributed by atoms with Crippen LogP contribution in [0, 0.1) is 0 Å². The van der Waals surface area contributed by atoms with Crippen LogP contribution >= 0.6 is 11.6 Å². The molecule has 0 saturated carbocycles. The summed E-state index contributed by atoms with van der Waals surface area (Å²) in [5, 5.41) is 0.591. The van der Waals surface area contributed by atoms with Gasteiger partial charge in [-0.1, -0.05) is 11.6 Å². The Labute approximate surface area is 131 Å². The van der Waals surface area contributed by atoms with Crippen molar-refractivity contribution in [2.45, 2.75) is 57.7 Å². The quantitative estimate of drug-likeness (QED) is 0.911. The number of halogens is 1. The molecule has 2 aliphatic heterocycles. The Hall–Kier alpha value is -1.00. The number of likely N-dealkylation sites (tertiary alicyclic amines) is 2. The number of aromatic nitrogens is 1. The minimum Gasteiger partial charge on any atom is -0.356 e. The highest BCUT2D eigenvalue weighted by Gasteiger charge is 2.36. The largest absolute Gasteiger partial charge is 0.356 e. The average Bonchev–Trinajstić information content (AvgIpc) is 3.04. The number of carbonyl (C=O) groups is 1. The Morgan fingerprint density at radius 1 is 1.29 bits per heavy atom. The van der Waals surface area contributed by atoms with Crippen molar-refractivity contribution in [1.29, 1.82) is 0 Å². The molecule has 3 heterocycles. The SMILES string of the molecule is CC1CCC(C)N1C1CCCN(C(=O)c2cc(Cl)c[nH]2)C1. The molecule has 1 amide bonds. The summed E-state index contributed by atoms with van der Waals surface area (Å²) in [5.74, 6) is 0.0751. The first-order valence-corrected chi connectivity index (χ1v) is 8.34. The first kappa shape index (κ1) is 14.9. The molecule has 1 N–H and O–H groups in total. The summed E-state index contributed by atoms with van der Waals surface area (Å²) in [7, 11) is 0. The van der Waals surface area contributed by atoms with E-state index in [-0.39, 0.29) is 5.91 Å². The van der Waals surface area contributed by atoms with Crippen molar-refractivity contribution in [3.8, 4) is 0 Å². The first-order chi connectivity index (χ1) is 10.1. The van der Waals surface area contributed by atoms with Crippen molar-refractivity contribution < 1.29 is 4.79 Å². The lowest BCUT2D eigenvalue weighted by Crippen LogP contribution is -2.52. The normalized spacial score (nSPS) is 30.8. The van der Waals surface area contributed by atoms with Crippen LogP contribution in [-0.2, 0) is 0 Å². The Morgan fingerprint density at radius 3 is 2.62 bits per heavy atom. The van der Waals surface area contributed by atoms with Crippen LogP contribution in [0.5, 0.6) is 0 Å². The second-order valence-corrected chi connectivity index (χ2v) is 6.94. The van der Waals surface area contributed by atoms with Gasteiger partial charge in [0, 0.05) is 37.4 Å². The number of aromatic amines is 1. The first-order valence-electron chi connectivity index (χ1n) is 7.97. The zero-order chi connectivity index (χ0) is 15.0. The predicted octanol–water partition coefficient (Wildman–Crippen LogP) is 3.15. The van der Waals surface area contributed by atoms with Crippen molar-refractivity contribution >= 4 is 17.5 Å². The summed E-state index contributed by atoms with van der Waals surface area (Å²) in [6.45, 7) is 6.32. The van der Waals surface area contributed by atoms with Gasteiger partial charge in [-0.25, -0.2) is 0 Å². The third-order valence-electron chi connectivity index (χ3n) is 5.00. The number of H-pyrrole nitrogens is 1. The number of nitrogens with zero attached hydrogens (tertiary/aromatic N) is 2. The highest BCUT2D eigenvalue weighted by Crippen LogP contribution is 2.30. The van der Waals surface area contributed by atoms with E-state index < -0.39 is 0 Å². The highest BCUT2D eigenvalue weighted by atomic mass is 35.5. The predicted molar refractivity (Wildman–Crippen MR) is 84.7 cm³/mol. The van der Waals surface area contributed by atoms with Crippen LogP contribution in [0.3, 0.4) is 0 Å². The molecule has 3 unspecified atom stereocenters. The molecule has 0 spiro atoms. The molecule has 2 saturated heterocycles. The molecule has 4 nitrogen and oxygen atoms in total. The summed E-state index contributed by atoms with van der Waals surface area (Å²) in [6, 6.07) is 3.50. The van der Waals surface area contributed by atoms with Gasteiger partial charge in [-0.3, -0.25) is 9.69 Å². The Kier molecular flexibility index (Phi) is 4.27. The molecule has 5 heteroatoms. The zero-order valence-corrected chi connectivity index (χ0v) is 13.6. The number of nitrogens with one attached hydrogen (secondary N) is 1. The van der Waals surface area contributed by atoms with E-state index >= 15 is 0 Å². The maximum absolute atomic E-state index is 12.6. The molecule has 1 aromatic heterocycles. The lowest BCUT2D eigenvalue weighted by molar-refractivity contribution is 0.0483. The number of rotatable bonds is 2. The molecule has 2 aliphatic rings. The van der Waals surface area contributed by atoms with Crippen molar-refractivity contribution in [3.63, 3.8) is 0 Å². The molecule has 0 radical (unpaired) electrons. The molecule has 0 bridgehead atoms. The van der Waals surface area contributed by atoms with E-state index in [0.717, 1.165) is 19.5 Å². The third kappa shape index (κ3) is 2.97. The molecule has 3 rings (SSSR count). The van der Waals surface area contributed by atoms with Crippen LogP contribution < -0.4 is 0 Å². The maximum atomic E-state index is 12.6. The van der Waals surface area contributed by atoms with Gasteiger partial charge in [0.2, 0.25) is 0 Å². The number of amides is 1. The molecule has 2 fully saturated rings. The Bertz CT molecular complexity index is 505. The monoisotopic (exact) mass is 309 g/mol. The van der Waals surface area contributed by atoms with E-state index in [1.807, 2.05) is 4.90 Å². The van der Waals surface area contributed by atoms with Crippen molar-refractivity contribution in [2.75, 3.05) is 13.1 Å². The lowest BCUT2D eigenvalue weighted by Gasteiger charge is -2.41. The fourth-order valence-corrected chi connectivity index (χ4v) is 4.14. The van der Waals surface area contributed by atoms with Crippen LogP contribution in [0.1, 0.15) is 50.0 Å². The molecular weight excluding hydrogens is 286 g/mol. The summed E-state index contributed by atoms with van der Waals surface area (Å²) in [5.41, 5.74) is 0.600. The van der Waals surface area contributed by atoms with Crippen LogP contribution in [0.15, 0.2) is 12.3 Å². The Morgan fingerprint density at radius 2 is 2.00 bits per heavy atom. The van der Waals surface area contributed by atoms with Gasteiger partial charge in [0.05, 0.1) is 5.02 Å². The molecule has 116 valence electrons. The molecular formula is C16H24ClN3O. The van der Waals surface area contributed by atoms with E-state index in [9.17, 15) is 4.79 Å². The fraction of sp³-hybridized carbons (Fsp3) is 0.688. The fourth-order valence-electron chi connectivity index (χ4n) is 3.98. The van der Waals surface area contributed by atoms with Gasteiger partial charge in [0.1, 0.15) is 5.69 Å².